The summed E-state index contributed by atoms with van der Waals surface area (Å²) in [5.74, 6) is -2.15. The minimum Gasteiger partial charge on any atom is -0.462 e. The average molecular weight is 1460 g/mol. The van der Waals surface area contributed by atoms with Crippen molar-refractivity contribution in [2.75, 3.05) is 39.6 Å². The van der Waals surface area contributed by atoms with E-state index in [0.29, 0.717) is 25.7 Å². The summed E-state index contributed by atoms with van der Waals surface area (Å²) in [6.45, 7) is 4.93. The summed E-state index contributed by atoms with van der Waals surface area (Å²) in [6, 6.07) is 0. The Morgan fingerprint density at radius 1 is 0.280 bits per heavy atom. The number of hydrogen-bond donors (Lipinski definition) is 3. The number of allylic oxidation sites excluding steroid dienone is 6. The SMILES string of the molecule is CCCCC/C=C\C/C=C\CCCCCCCC(=O)OC[C@H](COP(=O)(O)OC[C@@H](O)COP(=O)(O)OC[C@@H](COC(=O)CCCCCCC/C=C\CCCCCCCC)OC(=O)CCCCCCCCCCCCCCCCCCC)OC(=O)CCCCCCCCCCCCCCC. The Hall–Kier alpha value is -2.72. The number of ether oxygens (including phenoxy) is 4. The molecule has 0 aromatic carbocycles. The van der Waals surface area contributed by atoms with Crippen molar-refractivity contribution < 1.29 is 80.2 Å². The van der Waals surface area contributed by atoms with Crippen molar-refractivity contribution >= 4 is 39.5 Å². The molecular weight excluding hydrogens is 1310 g/mol. The van der Waals surface area contributed by atoms with Gasteiger partial charge >= 0.3 is 39.5 Å². The molecule has 17 nitrogen and oxygen atoms in total. The van der Waals surface area contributed by atoms with Crippen molar-refractivity contribution in [1.82, 2.24) is 0 Å². The zero-order valence-corrected chi connectivity index (χ0v) is 66.2. The van der Waals surface area contributed by atoms with E-state index in [-0.39, 0.29) is 25.7 Å². The molecule has 0 aliphatic carbocycles. The number of rotatable bonds is 79. The van der Waals surface area contributed by atoms with Gasteiger partial charge in [0.25, 0.3) is 0 Å². The van der Waals surface area contributed by atoms with Crippen LogP contribution in [0.4, 0.5) is 0 Å². The van der Waals surface area contributed by atoms with Crippen molar-refractivity contribution in [2.24, 2.45) is 0 Å². The topological polar surface area (TPSA) is 237 Å². The minimum absolute atomic E-state index is 0.100. The molecule has 0 radical (unpaired) electrons. The van der Waals surface area contributed by atoms with Crippen molar-refractivity contribution in [3.8, 4) is 0 Å². The van der Waals surface area contributed by atoms with Gasteiger partial charge in [0, 0.05) is 25.7 Å². The van der Waals surface area contributed by atoms with E-state index in [9.17, 15) is 43.2 Å². The normalized spacial score (nSPS) is 14.0. The summed E-state index contributed by atoms with van der Waals surface area (Å²) >= 11 is 0. The monoisotopic (exact) mass is 1460 g/mol. The smallest absolute Gasteiger partial charge is 0.462 e. The van der Waals surface area contributed by atoms with Gasteiger partial charge < -0.3 is 33.8 Å². The summed E-state index contributed by atoms with van der Waals surface area (Å²) in [5, 5.41) is 10.6. The first-order valence-electron chi connectivity index (χ1n) is 41.2. The summed E-state index contributed by atoms with van der Waals surface area (Å²) in [5.41, 5.74) is 0. The van der Waals surface area contributed by atoms with Gasteiger partial charge in [-0.2, -0.15) is 0 Å². The fourth-order valence-electron chi connectivity index (χ4n) is 11.8. The maximum Gasteiger partial charge on any atom is 0.472 e. The fourth-order valence-corrected chi connectivity index (χ4v) is 13.4. The number of hydrogen-bond acceptors (Lipinski definition) is 15. The molecule has 3 N–H and O–H groups in total. The van der Waals surface area contributed by atoms with E-state index in [4.69, 9.17) is 37.0 Å². The van der Waals surface area contributed by atoms with Crippen LogP contribution < -0.4 is 0 Å². The summed E-state index contributed by atoms with van der Waals surface area (Å²) in [4.78, 5) is 73.0. The highest BCUT2D eigenvalue weighted by Gasteiger charge is 2.30. The van der Waals surface area contributed by atoms with Gasteiger partial charge in [-0.25, -0.2) is 9.13 Å². The van der Waals surface area contributed by atoms with Gasteiger partial charge in [0.05, 0.1) is 26.4 Å². The van der Waals surface area contributed by atoms with Crippen LogP contribution in [0.1, 0.15) is 400 Å². The lowest BCUT2D eigenvalue weighted by atomic mass is 10.0. The lowest BCUT2D eigenvalue weighted by Crippen LogP contribution is -2.30. The van der Waals surface area contributed by atoms with Crippen LogP contribution in [0, 0.1) is 0 Å². The van der Waals surface area contributed by atoms with Gasteiger partial charge in [0.15, 0.2) is 12.2 Å². The molecule has 100 heavy (non-hydrogen) atoms. The second kappa shape index (κ2) is 74.5. The maximum absolute atomic E-state index is 13.1. The van der Waals surface area contributed by atoms with Gasteiger partial charge in [0.2, 0.25) is 0 Å². The third kappa shape index (κ3) is 73.6. The molecule has 19 heteroatoms. The summed E-state index contributed by atoms with van der Waals surface area (Å²) < 4.78 is 68.7. The van der Waals surface area contributed by atoms with Crippen LogP contribution >= 0.6 is 15.6 Å². The first kappa shape index (κ1) is 97.3. The second-order valence-corrected chi connectivity index (χ2v) is 31.0. The number of aliphatic hydroxyl groups is 1. The predicted octanol–water partition coefficient (Wildman–Crippen LogP) is 23.9. The predicted molar refractivity (Wildman–Crippen MR) is 409 cm³/mol. The molecule has 0 rings (SSSR count). The van der Waals surface area contributed by atoms with E-state index < -0.39 is 97.5 Å². The molecule has 0 aliphatic rings. The lowest BCUT2D eigenvalue weighted by molar-refractivity contribution is -0.161. The van der Waals surface area contributed by atoms with Crippen LogP contribution in [0.5, 0.6) is 0 Å². The van der Waals surface area contributed by atoms with E-state index in [1.54, 1.807) is 0 Å². The molecule has 5 atom stereocenters. The van der Waals surface area contributed by atoms with Crippen LogP contribution in [-0.2, 0) is 65.4 Å². The number of phosphoric acid groups is 2. The van der Waals surface area contributed by atoms with Gasteiger partial charge in [-0.1, -0.05) is 327 Å². The van der Waals surface area contributed by atoms with Crippen LogP contribution in [-0.4, -0.2) is 96.7 Å². The molecule has 0 aromatic heterocycles. The summed E-state index contributed by atoms with van der Waals surface area (Å²) in [6.07, 6.45) is 71.1. The largest absolute Gasteiger partial charge is 0.472 e. The molecule has 0 saturated heterocycles. The molecular formula is C81H152O17P2. The third-order valence-electron chi connectivity index (χ3n) is 18.1. The molecule has 0 heterocycles. The Kier molecular flexibility index (Phi) is 72.5. The summed E-state index contributed by atoms with van der Waals surface area (Å²) in [7, 11) is -9.94. The molecule has 0 spiro atoms. The molecule has 588 valence electrons. The first-order chi connectivity index (χ1) is 48.7. The number of carbonyl (C=O) groups is 4. The highest BCUT2D eigenvalue weighted by Crippen LogP contribution is 2.45. The van der Waals surface area contributed by atoms with E-state index in [0.717, 1.165) is 135 Å². The lowest BCUT2D eigenvalue weighted by Gasteiger charge is -2.21. The van der Waals surface area contributed by atoms with Crippen molar-refractivity contribution in [3.05, 3.63) is 36.5 Å². The molecule has 0 fully saturated rings. The number of carbonyl (C=O) groups excluding carboxylic acids is 4. The van der Waals surface area contributed by atoms with Crippen LogP contribution in [0.3, 0.4) is 0 Å². The first-order valence-corrected chi connectivity index (χ1v) is 44.2. The van der Waals surface area contributed by atoms with Crippen molar-refractivity contribution in [1.29, 1.82) is 0 Å². The Balaban J connectivity index is 5.31. The second-order valence-electron chi connectivity index (χ2n) is 28.1. The average Bonchev–Trinajstić information content (AvgIpc) is 0.958. The van der Waals surface area contributed by atoms with E-state index in [1.165, 1.54) is 186 Å². The fraction of sp³-hybridized carbons (Fsp3) is 0.877. The molecule has 0 aliphatic heterocycles. The van der Waals surface area contributed by atoms with Crippen LogP contribution in [0.15, 0.2) is 36.5 Å². The van der Waals surface area contributed by atoms with Gasteiger partial charge in [-0.3, -0.25) is 37.3 Å². The number of unbranched alkanes of at least 4 members (excludes halogenated alkanes) is 47. The Morgan fingerprint density at radius 2 is 0.490 bits per heavy atom. The number of aliphatic hydroxyl groups excluding tert-OH is 1. The molecule has 0 aromatic rings. The number of esters is 4. The molecule has 2 unspecified atom stereocenters. The standard InChI is InChI=1S/C81H152O17P2/c1-5-9-13-17-21-25-29-33-36-37-40-44-48-52-56-60-64-68-81(86)98-77(72-92-79(84)66-62-58-54-50-46-43-39-35-31-27-23-19-15-11-7-3)74-96-100(89,90)94-70-75(82)69-93-99(87,88)95-73-76(97-80(85)67-63-59-55-51-47-41-32-28-24-20-16-12-8-4)71-91-78(83)65-61-57-53-49-45-42-38-34-30-26-22-18-14-10-6-2/h22,26,34-35,38-39,75-77,82H,5-21,23-25,27-33,36-37,40-74H2,1-4H3,(H,87,88)(H,89,90)/b26-22-,38-34-,39-35-/t75-,76-,77-/m1/s1. The zero-order valence-electron chi connectivity index (χ0n) is 64.4. The molecule has 0 amide bonds. The third-order valence-corrected chi connectivity index (χ3v) is 20.0. The van der Waals surface area contributed by atoms with Crippen LogP contribution in [0.2, 0.25) is 0 Å². The van der Waals surface area contributed by atoms with Crippen LogP contribution in [0.25, 0.3) is 0 Å². The van der Waals surface area contributed by atoms with Crippen molar-refractivity contribution in [2.45, 2.75) is 418 Å². The Labute approximate surface area is 611 Å². The van der Waals surface area contributed by atoms with Gasteiger partial charge in [-0.15, -0.1) is 0 Å². The van der Waals surface area contributed by atoms with E-state index >= 15 is 0 Å². The van der Waals surface area contributed by atoms with E-state index in [2.05, 4.69) is 64.2 Å². The molecule has 0 bridgehead atoms. The Morgan fingerprint density at radius 3 is 0.770 bits per heavy atom. The van der Waals surface area contributed by atoms with Crippen molar-refractivity contribution in [3.63, 3.8) is 0 Å². The highest BCUT2D eigenvalue weighted by molar-refractivity contribution is 7.47. The van der Waals surface area contributed by atoms with E-state index in [1.807, 2.05) is 0 Å². The Bertz CT molecular complexity index is 2040. The van der Waals surface area contributed by atoms with Gasteiger partial charge in [0.1, 0.15) is 19.3 Å². The highest BCUT2D eigenvalue weighted by atomic mass is 31.2. The van der Waals surface area contributed by atoms with Gasteiger partial charge in [-0.05, 0) is 83.5 Å². The molecule has 0 saturated carbocycles. The zero-order chi connectivity index (χ0) is 73.2. The quantitative estimate of drug-likeness (QED) is 0.0169. The maximum atomic E-state index is 13.1. The number of phosphoric ester groups is 2. The minimum atomic E-state index is -4.97.